The first-order chi connectivity index (χ1) is 9.25. The number of hydrogen-bond acceptors (Lipinski definition) is 5. The Labute approximate surface area is 111 Å². The standard InChI is InChI=1S/C14H15N3O2/c1-10-12(16-19-15-10)9-17-8-4-7-14(18)11-5-2-3-6-13(11)17/h2-3,5-6H,4,7-9H2,1H3. The van der Waals surface area contributed by atoms with E-state index < -0.39 is 0 Å². The molecule has 1 aromatic heterocycles. The monoisotopic (exact) mass is 257 g/mol. The molecule has 1 aromatic carbocycles. The van der Waals surface area contributed by atoms with Crippen LogP contribution in [0.4, 0.5) is 5.69 Å². The first kappa shape index (κ1) is 11.9. The summed E-state index contributed by atoms with van der Waals surface area (Å²) in [7, 11) is 0. The van der Waals surface area contributed by atoms with Crippen LogP contribution in [-0.4, -0.2) is 22.6 Å². The molecule has 0 unspecified atom stereocenters. The lowest BCUT2D eigenvalue weighted by molar-refractivity contribution is 0.0984. The quantitative estimate of drug-likeness (QED) is 0.826. The molecule has 0 amide bonds. The van der Waals surface area contributed by atoms with Gasteiger partial charge in [0.2, 0.25) is 0 Å². The van der Waals surface area contributed by atoms with Crippen LogP contribution in [-0.2, 0) is 6.54 Å². The Morgan fingerprint density at radius 1 is 1.32 bits per heavy atom. The number of carbonyl (C=O) groups excluding carboxylic acids is 1. The fourth-order valence-electron chi connectivity index (χ4n) is 2.41. The van der Waals surface area contributed by atoms with E-state index >= 15 is 0 Å². The van der Waals surface area contributed by atoms with Gasteiger partial charge in [-0.15, -0.1) is 0 Å². The molecule has 1 aliphatic rings. The van der Waals surface area contributed by atoms with Crippen LogP contribution in [0.5, 0.6) is 0 Å². The zero-order valence-corrected chi connectivity index (χ0v) is 10.8. The van der Waals surface area contributed by atoms with Crippen molar-refractivity contribution in [1.29, 1.82) is 0 Å². The Bertz CT molecular complexity index is 606. The van der Waals surface area contributed by atoms with E-state index in [9.17, 15) is 4.79 Å². The normalized spacial score (nSPS) is 15.2. The zero-order valence-electron chi connectivity index (χ0n) is 10.8. The Kier molecular flexibility index (Phi) is 3.03. The van der Waals surface area contributed by atoms with Crippen LogP contribution in [0.3, 0.4) is 0 Å². The third-order valence-corrected chi connectivity index (χ3v) is 3.46. The van der Waals surface area contributed by atoms with Gasteiger partial charge < -0.3 is 4.90 Å². The van der Waals surface area contributed by atoms with Crippen LogP contribution < -0.4 is 4.90 Å². The summed E-state index contributed by atoms with van der Waals surface area (Å²) >= 11 is 0. The molecular weight excluding hydrogens is 242 g/mol. The average Bonchev–Trinajstić information content (AvgIpc) is 2.75. The molecule has 98 valence electrons. The van der Waals surface area contributed by atoms with Gasteiger partial charge in [0, 0.05) is 24.2 Å². The number of ketones is 1. The second-order valence-corrected chi connectivity index (χ2v) is 4.76. The van der Waals surface area contributed by atoms with E-state index in [2.05, 4.69) is 15.2 Å². The van der Waals surface area contributed by atoms with Crippen molar-refractivity contribution in [3.05, 3.63) is 41.2 Å². The van der Waals surface area contributed by atoms with Crippen molar-refractivity contribution >= 4 is 11.5 Å². The summed E-state index contributed by atoms with van der Waals surface area (Å²) in [5, 5.41) is 7.72. The van der Waals surface area contributed by atoms with Crippen LogP contribution >= 0.6 is 0 Å². The maximum Gasteiger partial charge on any atom is 0.165 e. The Balaban J connectivity index is 1.95. The minimum absolute atomic E-state index is 0.216. The van der Waals surface area contributed by atoms with Gasteiger partial charge in [0.1, 0.15) is 11.4 Å². The van der Waals surface area contributed by atoms with E-state index in [0.29, 0.717) is 13.0 Å². The summed E-state index contributed by atoms with van der Waals surface area (Å²) in [5.74, 6) is 0.216. The topological polar surface area (TPSA) is 59.2 Å². The third-order valence-electron chi connectivity index (χ3n) is 3.46. The second-order valence-electron chi connectivity index (χ2n) is 4.76. The molecule has 0 saturated carbocycles. The molecule has 2 heterocycles. The molecule has 0 aliphatic carbocycles. The van der Waals surface area contributed by atoms with Crippen molar-refractivity contribution < 1.29 is 9.42 Å². The van der Waals surface area contributed by atoms with Crippen LogP contribution in [0, 0.1) is 6.92 Å². The van der Waals surface area contributed by atoms with Crippen LogP contribution in [0.1, 0.15) is 34.6 Å². The van der Waals surface area contributed by atoms with Crippen molar-refractivity contribution in [2.24, 2.45) is 0 Å². The maximum atomic E-state index is 12.0. The van der Waals surface area contributed by atoms with Gasteiger partial charge in [-0.05, 0) is 25.5 Å². The number of para-hydroxylation sites is 1. The predicted octanol–water partition coefficient (Wildman–Crippen LogP) is 2.36. The summed E-state index contributed by atoms with van der Waals surface area (Å²) in [5.41, 5.74) is 3.40. The van der Waals surface area contributed by atoms with Gasteiger partial charge in [0.25, 0.3) is 0 Å². The summed E-state index contributed by atoms with van der Waals surface area (Å²) < 4.78 is 4.73. The Hall–Kier alpha value is -2.17. The van der Waals surface area contributed by atoms with Gasteiger partial charge in [-0.1, -0.05) is 22.4 Å². The van der Waals surface area contributed by atoms with Gasteiger partial charge in [-0.25, -0.2) is 4.63 Å². The number of fused-ring (bicyclic) bond motifs is 1. The molecule has 0 spiro atoms. The number of benzene rings is 1. The highest BCUT2D eigenvalue weighted by atomic mass is 16.6. The maximum absolute atomic E-state index is 12.0. The minimum atomic E-state index is 0.216. The van der Waals surface area contributed by atoms with Crippen molar-refractivity contribution in [3.8, 4) is 0 Å². The summed E-state index contributed by atoms with van der Waals surface area (Å²) in [6.07, 6.45) is 1.46. The van der Waals surface area contributed by atoms with E-state index in [0.717, 1.165) is 35.6 Å². The number of carbonyl (C=O) groups is 1. The van der Waals surface area contributed by atoms with Crippen molar-refractivity contribution in [2.75, 3.05) is 11.4 Å². The van der Waals surface area contributed by atoms with Gasteiger partial charge in [-0.2, -0.15) is 0 Å². The van der Waals surface area contributed by atoms with Crippen LogP contribution in [0.2, 0.25) is 0 Å². The van der Waals surface area contributed by atoms with Crippen molar-refractivity contribution in [3.63, 3.8) is 0 Å². The van der Waals surface area contributed by atoms with Crippen LogP contribution in [0.25, 0.3) is 0 Å². The zero-order chi connectivity index (χ0) is 13.2. The molecule has 5 heteroatoms. The number of Topliss-reactive ketones (excluding diaryl/α,β-unsaturated/α-hetero) is 1. The highest BCUT2D eigenvalue weighted by molar-refractivity contribution is 6.01. The lowest BCUT2D eigenvalue weighted by Gasteiger charge is -2.23. The first-order valence-electron chi connectivity index (χ1n) is 6.41. The summed E-state index contributed by atoms with van der Waals surface area (Å²) in [6.45, 7) is 3.34. The fourth-order valence-corrected chi connectivity index (χ4v) is 2.41. The molecule has 0 bridgehead atoms. The molecule has 0 fully saturated rings. The fraction of sp³-hybridized carbons (Fsp3) is 0.357. The molecular formula is C14H15N3O2. The van der Waals surface area contributed by atoms with E-state index in [4.69, 9.17) is 4.63 Å². The number of aryl methyl sites for hydroxylation is 1. The molecule has 0 radical (unpaired) electrons. The lowest BCUT2D eigenvalue weighted by Crippen LogP contribution is -2.24. The summed E-state index contributed by atoms with van der Waals surface area (Å²) in [4.78, 5) is 14.2. The van der Waals surface area contributed by atoms with Gasteiger partial charge in [-0.3, -0.25) is 4.79 Å². The van der Waals surface area contributed by atoms with Crippen LogP contribution in [0.15, 0.2) is 28.9 Å². The largest absolute Gasteiger partial charge is 0.365 e. The van der Waals surface area contributed by atoms with E-state index in [1.807, 2.05) is 31.2 Å². The number of anilines is 1. The first-order valence-corrected chi connectivity index (χ1v) is 6.41. The number of nitrogens with zero attached hydrogens (tertiary/aromatic N) is 3. The van der Waals surface area contributed by atoms with Gasteiger partial charge >= 0.3 is 0 Å². The Morgan fingerprint density at radius 3 is 2.95 bits per heavy atom. The average molecular weight is 257 g/mol. The molecule has 0 saturated heterocycles. The van der Waals surface area contributed by atoms with E-state index in [1.54, 1.807) is 0 Å². The number of hydrogen-bond donors (Lipinski definition) is 0. The van der Waals surface area contributed by atoms with E-state index in [-0.39, 0.29) is 5.78 Å². The van der Waals surface area contributed by atoms with Crippen molar-refractivity contribution in [1.82, 2.24) is 10.3 Å². The summed E-state index contributed by atoms with van der Waals surface area (Å²) in [6, 6.07) is 7.74. The van der Waals surface area contributed by atoms with Gasteiger partial charge in [0.15, 0.2) is 5.78 Å². The molecule has 0 N–H and O–H groups in total. The lowest BCUT2D eigenvalue weighted by atomic mass is 10.1. The minimum Gasteiger partial charge on any atom is -0.365 e. The van der Waals surface area contributed by atoms with Crippen molar-refractivity contribution in [2.45, 2.75) is 26.3 Å². The number of rotatable bonds is 2. The Morgan fingerprint density at radius 2 is 2.16 bits per heavy atom. The molecule has 0 atom stereocenters. The molecule has 5 nitrogen and oxygen atoms in total. The molecule has 1 aliphatic heterocycles. The number of aromatic nitrogens is 2. The second kappa shape index (κ2) is 4.84. The molecule has 19 heavy (non-hydrogen) atoms. The predicted molar refractivity (Wildman–Crippen MR) is 70.1 cm³/mol. The molecule has 3 rings (SSSR count). The highest BCUT2D eigenvalue weighted by Crippen LogP contribution is 2.27. The van der Waals surface area contributed by atoms with E-state index in [1.165, 1.54) is 0 Å². The smallest absolute Gasteiger partial charge is 0.165 e. The highest BCUT2D eigenvalue weighted by Gasteiger charge is 2.21. The third kappa shape index (κ3) is 2.23. The van der Waals surface area contributed by atoms with Gasteiger partial charge in [0.05, 0.1) is 6.54 Å². The SMILES string of the molecule is Cc1nonc1CN1CCCC(=O)c2ccccc21. The molecule has 2 aromatic rings.